The Bertz CT molecular complexity index is 491. The van der Waals surface area contributed by atoms with Crippen LogP contribution in [0.1, 0.15) is 5.69 Å². The molecule has 2 aromatic heterocycles. The molecule has 0 aliphatic heterocycles. The maximum absolute atomic E-state index is 8.92. The van der Waals surface area contributed by atoms with E-state index in [1.807, 2.05) is 0 Å². The highest BCUT2D eigenvalue weighted by Gasteiger charge is 2.00. The van der Waals surface area contributed by atoms with Crippen LogP contribution in [0.2, 0.25) is 5.15 Å². The highest BCUT2D eigenvalue weighted by Crippen LogP contribution is 2.21. The van der Waals surface area contributed by atoms with Gasteiger partial charge in [-0.3, -0.25) is 0 Å². The molecule has 0 atom stereocenters. The molecular formula is C11H9ClN2O2. The Morgan fingerprint density at radius 2 is 2.19 bits per heavy atom. The molecular weight excluding hydrogens is 228 g/mol. The van der Waals surface area contributed by atoms with Crippen LogP contribution in [-0.2, 0) is 6.61 Å². The van der Waals surface area contributed by atoms with Crippen molar-refractivity contribution in [3.05, 3.63) is 47.4 Å². The molecule has 0 aliphatic carbocycles. The Morgan fingerprint density at radius 1 is 1.31 bits per heavy atom. The molecule has 0 aromatic carbocycles. The van der Waals surface area contributed by atoms with E-state index in [4.69, 9.17) is 21.4 Å². The first-order chi connectivity index (χ1) is 7.78. The molecule has 4 nitrogen and oxygen atoms in total. The van der Waals surface area contributed by atoms with Crippen molar-refractivity contribution in [1.82, 2.24) is 9.97 Å². The van der Waals surface area contributed by atoms with Gasteiger partial charge in [0, 0.05) is 18.3 Å². The van der Waals surface area contributed by atoms with Gasteiger partial charge in [0.25, 0.3) is 0 Å². The lowest BCUT2D eigenvalue weighted by atomic mass is 10.3. The number of halogens is 1. The average Bonchev–Trinajstić information content (AvgIpc) is 2.29. The van der Waals surface area contributed by atoms with E-state index >= 15 is 0 Å². The van der Waals surface area contributed by atoms with Crippen molar-refractivity contribution in [1.29, 1.82) is 0 Å². The van der Waals surface area contributed by atoms with Crippen LogP contribution in [0.25, 0.3) is 0 Å². The zero-order valence-corrected chi connectivity index (χ0v) is 9.05. The van der Waals surface area contributed by atoms with Crippen LogP contribution >= 0.6 is 11.6 Å². The van der Waals surface area contributed by atoms with Crippen LogP contribution in [0.3, 0.4) is 0 Å². The van der Waals surface area contributed by atoms with Gasteiger partial charge in [-0.15, -0.1) is 0 Å². The lowest BCUT2D eigenvalue weighted by Gasteiger charge is -2.05. The van der Waals surface area contributed by atoms with E-state index in [0.29, 0.717) is 22.5 Å². The molecule has 2 aromatic rings. The molecule has 0 fully saturated rings. The fourth-order valence-electron chi connectivity index (χ4n) is 1.17. The summed E-state index contributed by atoms with van der Waals surface area (Å²) in [5, 5.41) is 9.28. The minimum absolute atomic E-state index is 0.117. The number of aliphatic hydroxyl groups excluding tert-OH is 1. The van der Waals surface area contributed by atoms with Gasteiger partial charge in [-0.05, 0) is 12.1 Å². The molecule has 82 valence electrons. The lowest BCUT2D eigenvalue weighted by Crippen LogP contribution is -1.92. The number of aliphatic hydroxyl groups is 1. The number of pyridine rings is 2. The summed E-state index contributed by atoms with van der Waals surface area (Å²) in [7, 11) is 0. The topological polar surface area (TPSA) is 55.2 Å². The summed E-state index contributed by atoms with van der Waals surface area (Å²) in [4.78, 5) is 7.92. The SMILES string of the molecule is OCc1cccc(Oc2ccnc(Cl)c2)n1. The van der Waals surface area contributed by atoms with E-state index in [9.17, 15) is 0 Å². The summed E-state index contributed by atoms with van der Waals surface area (Å²) >= 11 is 5.72. The molecule has 0 unspecified atom stereocenters. The third kappa shape index (κ3) is 2.68. The van der Waals surface area contributed by atoms with E-state index in [0.717, 1.165) is 0 Å². The Labute approximate surface area is 97.5 Å². The summed E-state index contributed by atoms with van der Waals surface area (Å²) in [6.45, 7) is -0.117. The van der Waals surface area contributed by atoms with Gasteiger partial charge in [0.05, 0.1) is 12.3 Å². The molecule has 0 bridgehead atoms. The normalized spacial score (nSPS) is 10.1. The summed E-state index contributed by atoms with van der Waals surface area (Å²) in [6.07, 6.45) is 1.55. The second-order valence-electron chi connectivity index (χ2n) is 3.04. The van der Waals surface area contributed by atoms with Crippen LogP contribution < -0.4 is 4.74 Å². The van der Waals surface area contributed by atoms with Crippen molar-refractivity contribution in [2.75, 3.05) is 0 Å². The van der Waals surface area contributed by atoms with Crippen molar-refractivity contribution < 1.29 is 9.84 Å². The highest BCUT2D eigenvalue weighted by atomic mass is 35.5. The minimum Gasteiger partial charge on any atom is -0.439 e. The molecule has 16 heavy (non-hydrogen) atoms. The minimum atomic E-state index is -0.117. The van der Waals surface area contributed by atoms with Crippen LogP contribution in [0, 0.1) is 0 Å². The van der Waals surface area contributed by atoms with Gasteiger partial charge >= 0.3 is 0 Å². The predicted molar refractivity (Wildman–Crippen MR) is 59.5 cm³/mol. The van der Waals surface area contributed by atoms with E-state index in [-0.39, 0.29) is 6.61 Å². The molecule has 0 saturated heterocycles. The van der Waals surface area contributed by atoms with Crippen molar-refractivity contribution in [2.45, 2.75) is 6.61 Å². The maximum Gasteiger partial charge on any atom is 0.219 e. The van der Waals surface area contributed by atoms with Gasteiger partial charge in [0.15, 0.2) is 0 Å². The van der Waals surface area contributed by atoms with E-state index in [1.165, 1.54) is 0 Å². The van der Waals surface area contributed by atoms with Gasteiger partial charge in [0.1, 0.15) is 10.9 Å². The van der Waals surface area contributed by atoms with E-state index in [1.54, 1.807) is 36.5 Å². The van der Waals surface area contributed by atoms with Gasteiger partial charge in [0.2, 0.25) is 5.88 Å². The standard InChI is InChI=1S/C11H9ClN2O2/c12-10-6-9(4-5-13-10)16-11-3-1-2-8(7-15)14-11/h1-6,15H,7H2. The van der Waals surface area contributed by atoms with Crippen molar-refractivity contribution in [2.24, 2.45) is 0 Å². The lowest BCUT2D eigenvalue weighted by molar-refractivity contribution is 0.275. The second kappa shape index (κ2) is 4.92. The number of hydrogen-bond acceptors (Lipinski definition) is 4. The number of ether oxygens (including phenoxy) is 1. The zero-order chi connectivity index (χ0) is 11.4. The van der Waals surface area contributed by atoms with Gasteiger partial charge < -0.3 is 9.84 Å². The first-order valence-electron chi connectivity index (χ1n) is 4.64. The largest absolute Gasteiger partial charge is 0.439 e. The number of nitrogens with zero attached hydrogens (tertiary/aromatic N) is 2. The molecule has 0 spiro atoms. The number of rotatable bonds is 3. The van der Waals surface area contributed by atoms with Crippen molar-refractivity contribution in [3.8, 4) is 11.6 Å². The Hall–Kier alpha value is -1.65. The first kappa shape index (κ1) is 10.9. The Morgan fingerprint density at radius 3 is 2.94 bits per heavy atom. The smallest absolute Gasteiger partial charge is 0.219 e. The van der Waals surface area contributed by atoms with E-state index < -0.39 is 0 Å². The number of aromatic nitrogens is 2. The number of hydrogen-bond donors (Lipinski definition) is 1. The first-order valence-corrected chi connectivity index (χ1v) is 5.02. The summed E-state index contributed by atoms with van der Waals surface area (Å²) in [6, 6.07) is 8.45. The van der Waals surface area contributed by atoms with Crippen LogP contribution in [0.4, 0.5) is 0 Å². The Balaban J connectivity index is 2.20. The molecule has 0 saturated carbocycles. The average molecular weight is 237 g/mol. The van der Waals surface area contributed by atoms with Crippen LogP contribution in [0.5, 0.6) is 11.6 Å². The van der Waals surface area contributed by atoms with Crippen molar-refractivity contribution in [3.63, 3.8) is 0 Å². The van der Waals surface area contributed by atoms with Gasteiger partial charge in [-0.1, -0.05) is 17.7 Å². The van der Waals surface area contributed by atoms with Crippen LogP contribution in [0.15, 0.2) is 36.5 Å². The summed E-state index contributed by atoms with van der Waals surface area (Å²) < 4.78 is 5.46. The molecule has 1 N–H and O–H groups in total. The molecule has 0 aliphatic rings. The molecule has 0 radical (unpaired) electrons. The highest BCUT2D eigenvalue weighted by molar-refractivity contribution is 6.29. The van der Waals surface area contributed by atoms with Crippen molar-refractivity contribution >= 4 is 11.6 Å². The van der Waals surface area contributed by atoms with Gasteiger partial charge in [-0.25, -0.2) is 9.97 Å². The summed E-state index contributed by atoms with van der Waals surface area (Å²) in [5.41, 5.74) is 0.553. The Kier molecular flexibility index (Phi) is 3.34. The molecule has 5 heteroatoms. The second-order valence-corrected chi connectivity index (χ2v) is 3.43. The third-order valence-electron chi connectivity index (χ3n) is 1.86. The zero-order valence-electron chi connectivity index (χ0n) is 8.30. The van der Waals surface area contributed by atoms with Gasteiger partial charge in [-0.2, -0.15) is 0 Å². The molecule has 2 rings (SSSR count). The predicted octanol–water partition coefficient (Wildman–Crippen LogP) is 2.41. The fraction of sp³-hybridized carbons (Fsp3) is 0.0909. The summed E-state index contributed by atoms with van der Waals surface area (Å²) in [5.74, 6) is 0.969. The molecule has 0 amide bonds. The maximum atomic E-state index is 8.92. The fourth-order valence-corrected chi connectivity index (χ4v) is 1.34. The van der Waals surface area contributed by atoms with Crippen LogP contribution in [-0.4, -0.2) is 15.1 Å². The molecule has 2 heterocycles. The van der Waals surface area contributed by atoms with E-state index in [2.05, 4.69) is 9.97 Å². The quantitative estimate of drug-likeness (QED) is 0.832. The monoisotopic (exact) mass is 236 g/mol. The third-order valence-corrected chi connectivity index (χ3v) is 2.07.